The molecule has 5 rings (SSSR count). The van der Waals surface area contributed by atoms with Crippen molar-refractivity contribution in [2.45, 2.75) is 50.8 Å². The Labute approximate surface area is 247 Å². The first-order chi connectivity index (χ1) is 20.9. The first-order valence-electron chi connectivity index (χ1n) is 13.7. The Morgan fingerprint density at radius 2 is 1.07 bits per heavy atom. The van der Waals surface area contributed by atoms with Crippen molar-refractivity contribution >= 4 is 17.9 Å². The van der Waals surface area contributed by atoms with Gasteiger partial charge in [-0.2, -0.15) is 0 Å². The highest BCUT2D eigenvalue weighted by atomic mass is 16.7. The molecule has 2 heterocycles. The fourth-order valence-electron chi connectivity index (χ4n) is 4.58. The number of carbonyl (C=O) groups is 3. The van der Waals surface area contributed by atoms with E-state index in [1.54, 1.807) is 110 Å². The second kappa shape index (κ2) is 13.9. The van der Waals surface area contributed by atoms with E-state index in [9.17, 15) is 19.5 Å². The van der Waals surface area contributed by atoms with Crippen molar-refractivity contribution in [1.29, 1.82) is 0 Å². The fourth-order valence-corrected chi connectivity index (χ4v) is 4.58. The summed E-state index contributed by atoms with van der Waals surface area (Å²) in [6.45, 7) is 1.22. The molecule has 0 radical (unpaired) electrons. The van der Waals surface area contributed by atoms with Gasteiger partial charge in [0.2, 0.25) is 0 Å². The van der Waals surface area contributed by atoms with Crippen LogP contribution in [0, 0.1) is 0 Å². The molecule has 0 spiro atoms. The number of esters is 3. The summed E-state index contributed by atoms with van der Waals surface area (Å²) >= 11 is 0. The molecule has 1 fully saturated rings. The van der Waals surface area contributed by atoms with Gasteiger partial charge in [0.25, 0.3) is 0 Å². The molecule has 10 nitrogen and oxygen atoms in total. The summed E-state index contributed by atoms with van der Waals surface area (Å²) in [5.74, 6) is -1.41. The number of hydrogen-bond acceptors (Lipinski definition) is 10. The van der Waals surface area contributed by atoms with Gasteiger partial charge in [-0.15, -0.1) is 0 Å². The van der Waals surface area contributed by atoms with Crippen LogP contribution in [0.25, 0.3) is 0 Å². The third kappa shape index (κ3) is 7.36. The lowest BCUT2D eigenvalue weighted by atomic mass is 9.98. The summed E-state index contributed by atoms with van der Waals surface area (Å²) in [6, 6.07) is 28.0. The smallest absolute Gasteiger partial charge is 0.338 e. The van der Waals surface area contributed by atoms with E-state index in [2.05, 4.69) is 0 Å². The Balaban J connectivity index is 1.48. The summed E-state index contributed by atoms with van der Waals surface area (Å²) in [5, 5.41) is 9.34. The van der Waals surface area contributed by atoms with Crippen LogP contribution in [0.15, 0.2) is 108 Å². The van der Waals surface area contributed by atoms with Gasteiger partial charge in [0, 0.05) is 0 Å². The van der Waals surface area contributed by atoms with Gasteiger partial charge in [0.05, 0.1) is 22.8 Å². The van der Waals surface area contributed by atoms with Crippen molar-refractivity contribution in [3.63, 3.8) is 0 Å². The minimum atomic E-state index is -1.36. The maximum Gasteiger partial charge on any atom is 0.338 e. The van der Waals surface area contributed by atoms with Crippen molar-refractivity contribution in [2.75, 3.05) is 0 Å². The molecule has 1 aromatic heterocycles. The first kappa shape index (κ1) is 29.7. The molecule has 0 amide bonds. The third-order valence-electron chi connectivity index (χ3n) is 6.75. The van der Waals surface area contributed by atoms with Gasteiger partial charge in [-0.05, 0) is 55.5 Å². The van der Waals surface area contributed by atoms with Gasteiger partial charge in [0.15, 0.2) is 24.6 Å². The summed E-state index contributed by atoms with van der Waals surface area (Å²) in [7, 11) is 0. The van der Waals surface area contributed by atoms with Crippen molar-refractivity contribution in [1.82, 2.24) is 0 Å². The van der Waals surface area contributed by atoms with E-state index in [-0.39, 0.29) is 29.9 Å². The highest BCUT2D eigenvalue weighted by molar-refractivity contribution is 5.91. The van der Waals surface area contributed by atoms with E-state index in [1.165, 1.54) is 0 Å². The summed E-state index contributed by atoms with van der Waals surface area (Å²) < 4.78 is 35.3. The van der Waals surface area contributed by atoms with Crippen LogP contribution in [-0.2, 0) is 36.9 Å². The van der Waals surface area contributed by atoms with Gasteiger partial charge < -0.3 is 33.2 Å². The van der Waals surface area contributed by atoms with Crippen LogP contribution in [0.2, 0.25) is 0 Å². The average molecular weight is 587 g/mol. The normalized spacial score (nSPS) is 21.5. The molecule has 0 aliphatic carbocycles. The fraction of sp³-hybridized carbons (Fsp3) is 0.242. The van der Waals surface area contributed by atoms with E-state index in [0.29, 0.717) is 11.5 Å². The van der Waals surface area contributed by atoms with Crippen molar-refractivity contribution in [2.24, 2.45) is 0 Å². The molecule has 1 aliphatic rings. The Bertz CT molecular complexity index is 1500. The van der Waals surface area contributed by atoms with Crippen molar-refractivity contribution in [3.8, 4) is 0 Å². The van der Waals surface area contributed by atoms with Crippen LogP contribution in [-0.4, -0.2) is 53.7 Å². The molecule has 1 saturated heterocycles. The number of aliphatic hydroxyl groups excluding tert-OH is 1. The predicted molar refractivity (Wildman–Crippen MR) is 151 cm³/mol. The SMILES string of the molecule is CC1O[C@H](OCc2ccc(CO)o2)C(OC(=O)c2ccccc2)[C@@H](OC(=O)c2ccccc2)[C@@H]1OC(=O)c1ccccc1. The maximum atomic E-state index is 13.3. The van der Waals surface area contributed by atoms with Crippen molar-refractivity contribution in [3.05, 3.63) is 131 Å². The lowest BCUT2D eigenvalue weighted by Crippen LogP contribution is -2.61. The number of aliphatic hydroxyl groups is 1. The number of carbonyl (C=O) groups excluding carboxylic acids is 3. The van der Waals surface area contributed by atoms with E-state index in [4.69, 9.17) is 28.1 Å². The highest BCUT2D eigenvalue weighted by Gasteiger charge is 2.52. The molecule has 3 aromatic carbocycles. The van der Waals surface area contributed by atoms with E-state index in [0.717, 1.165) is 0 Å². The Morgan fingerprint density at radius 3 is 1.53 bits per heavy atom. The Kier molecular flexibility index (Phi) is 9.63. The van der Waals surface area contributed by atoms with Crippen LogP contribution in [0.5, 0.6) is 0 Å². The molecule has 10 heteroatoms. The maximum absolute atomic E-state index is 13.3. The lowest BCUT2D eigenvalue weighted by Gasteiger charge is -2.43. The van der Waals surface area contributed by atoms with E-state index < -0.39 is 48.6 Å². The van der Waals surface area contributed by atoms with Gasteiger partial charge in [0.1, 0.15) is 24.7 Å². The van der Waals surface area contributed by atoms with Gasteiger partial charge in [-0.3, -0.25) is 0 Å². The molecule has 2 unspecified atom stereocenters. The zero-order valence-electron chi connectivity index (χ0n) is 23.2. The second-order valence-electron chi connectivity index (χ2n) is 9.75. The van der Waals surface area contributed by atoms with Gasteiger partial charge in [-0.25, -0.2) is 14.4 Å². The predicted octanol–water partition coefficient (Wildman–Crippen LogP) is 4.71. The Hall–Kier alpha value is -4.77. The summed E-state index contributed by atoms with van der Waals surface area (Å²) in [6.07, 6.45) is -5.99. The largest absolute Gasteiger partial charge is 0.461 e. The van der Waals surface area contributed by atoms with Gasteiger partial charge in [-0.1, -0.05) is 54.6 Å². The highest BCUT2D eigenvalue weighted by Crippen LogP contribution is 2.31. The van der Waals surface area contributed by atoms with Crippen molar-refractivity contribution < 1.29 is 47.6 Å². The molecular formula is C33H30O10. The van der Waals surface area contributed by atoms with Crippen LogP contribution in [0.4, 0.5) is 0 Å². The molecule has 0 bridgehead atoms. The summed E-state index contributed by atoms with van der Waals surface area (Å²) in [4.78, 5) is 39.7. The third-order valence-corrected chi connectivity index (χ3v) is 6.75. The topological polar surface area (TPSA) is 131 Å². The number of hydrogen-bond donors (Lipinski definition) is 1. The Morgan fingerprint density at radius 1 is 0.628 bits per heavy atom. The monoisotopic (exact) mass is 586 g/mol. The summed E-state index contributed by atoms with van der Waals surface area (Å²) in [5.41, 5.74) is 0.758. The molecule has 222 valence electrons. The minimum absolute atomic E-state index is 0.120. The number of rotatable bonds is 10. The van der Waals surface area contributed by atoms with Crippen LogP contribution < -0.4 is 0 Å². The first-order valence-corrected chi connectivity index (χ1v) is 13.7. The van der Waals surface area contributed by atoms with Crippen LogP contribution in [0.3, 0.4) is 0 Å². The zero-order chi connectivity index (χ0) is 30.2. The van der Waals surface area contributed by atoms with Gasteiger partial charge >= 0.3 is 17.9 Å². The molecule has 5 atom stereocenters. The standard InChI is InChI=1S/C33H30O10/c1-21-27(41-30(35)22-11-5-2-6-12-22)28(42-31(36)23-13-7-3-8-14-23)29(43-32(37)24-15-9-4-10-16-24)33(39-21)38-20-26-18-17-25(19-34)40-26/h2-18,21,27-29,33-34H,19-20H2,1H3/t21?,27-,28+,29?,33+/m1/s1. The quantitative estimate of drug-likeness (QED) is 0.206. The van der Waals surface area contributed by atoms with E-state index >= 15 is 0 Å². The van der Waals surface area contributed by atoms with E-state index in [1.807, 2.05) is 0 Å². The number of benzene rings is 3. The second-order valence-corrected chi connectivity index (χ2v) is 9.75. The lowest BCUT2D eigenvalue weighted by molar-refractivity contribution is -0.294. The number of furan rings is 1. The zero-order valence-corrected chi connectivity index (χ0v) is 23.2. The number of ether oxygens (including phenoxy) is 5. The molecule has 1 N–H and O–H groups in total. The molecule has 0 saturated carbocycles. The minimum Gasteiger partial charge on any atom is -0.461 e. The molecule has 43 heavy (non-hydrogen) atoms. The molecule has 1 aliphatic heterocycles. The molecular weight excluding hydrogens is 556 g/mol. The van der Waals surface area contributed by atoms with Crippen LogP contribution in [0.1, 0.15) is 49.5 Å². The average Bonchev–Trinajstić information content (AvgIpc) is 3.52. The van der Waals surface area contributed by atoms with Crippen LogP contribution >= 0.6 is 0 Å². The molecule has 4 aromatic rings.